The van der Waals surface area contributed by atoms with Crippen molar-refractivity contribution in [3.8, 4) is 0 Å². The Morgan fingerprint density at radius 3 is 2.28 bits per heavy atom. The maximum atomic E-state index is 13.8. The first-order valence-corrected chi connectivity index (χ1v) is 18.4. The van der Waals surface area contributed by atoms with Crippen LogP contribution >= 0.6 is 36.8 Å². The second-order valence-corrected chi connectivity index (χ2v) is 14.5. The number of ether oxygens (including phenoxy) is 1. The highest BCUT2D eigenvalue weighted by atomic mass is 79.9. The van der Waals surface area contributed by atoms with Gasteiger partial charge in [-0.25, -0.2) is 0 Å². The minimum atomic E-state index is -4.80. The average molecular weight is 721 g/mol. The Morgan fingerprint density at radius 1 is 1.19 bits per heavy atom. The zero-order valence-electron chi connectivity index (χ0n) is 27.1. The van der Waals surface area contributed by atoms with Crippen molar-refractivity contribution in [2.45, 2.75) is 119 Å². The maximum Gasteiger partial charge on any atom is 0.522 e. The zero-order chi connectivity index (χ0) is 32.9. The molecule has 12 heteroatoms. The van der Waals surface area contributed by atoms with E-state index in [1.165, 1.54) is 0 Å². The van der Waals surface area contributed by atoms with Gasteiger partial charge in [-0.05, 0) is 70.1 Å². The Labute approximate surface area is 272 Å². The number of thiocarbonyl (C=S) groups is 1. The van der Waals surface area contributed by atoms with E-state index in [1.54, 1.807) is 0 Å². The van der Waals surface area contributed by atoms with E-state index in [4.69, 9.17) is 36.3 Å². The molecule has 0 radical (unpaired) electrons. The van der Waals surface area contributed by atoms with Crippen molar-refractivity contribution in [2.75, 3.05) is 25.2 Å². The summed E-state index contributed by atoms with van der Waals surface area (Å²) < 4.78 is 64.7. The second kappa shape index (κ2) is 15.9. The van der Waals surface area contributed by atoms with E-state index in [2.05, 4.69) is 35.9 Å². The standard InChI is InChI=1S/C29H48BrF3NO5PS.C2H6/c1-7-12-28-19(5)16-27(18-36-29(31,32)33)25(6,17-30)23(35)11-13-26(27,8-2)22(28)14-20(34)21(41)15-24(28)39-40(37-9-3)38-10-4;1-2/h7,12,19-20,22-24,35H,8-11,13-18,34H2,1-6H3;1-2H3/b12-7+;. The van der Waals surface area contributed by atoms with Gasteiger partial charge < -0.3 is 24.4 Å². The van der Waals surface area contributed by atoms with Gasteiger partial charge in [0.05, 0.1) is 32.0 Å². The molecule has 0 amide bonds. The molecule has 0 aliphatic heterocycles. The second-order valence-electron chi connectivity index (χ2n) is 12.3. The van der Waals surface area contributed by atoms with Gasteiger partial charge in [0.15, 0.2) is 0 Å². The van der Waals surface area contributed by atoms with E-state index in [9.17, 15) is 18.3 Å². The molecule has 9 atom stereocenters. The molecule has 43 heavy (non-hydrogen) atoms. The maximum absolute atomic E-state index is 13.8. The molecule has 3 rings (SSSR count). The molecule has 252 valence electrons. The van der Waals surface area contributed by atoms with Crippen LogP contribution in [0.5, 0.6) is 0 Å². The molecule has 0 aromatic carbocycles. The van der Waals surface area contributed by atoms with Gasteiger partial charge in [0.25, 0.3) is 0 Å². The Hall–Kier alpha value is 0.290. The molecule has 3 N–H and O–H groups in total. The molecule has 0 spiro atoms. The fourth-order valence-corrected chi connectivity index (χ4v) is 11.2. The Balaban J connectivity index is 0.00000316. The monoisotopic (exact) mass is 719 g/mol. The van der Waals surface area contributed by atoms with Crippen molar-refractivity contribution in [3.63, 3.8) is 0 Å². The molecule has 0 aromatic rings. The summed E-state index contributed by atoms with van der Waals surface area (Å²) in [6.07, 6.45) is 1.11. The van der Waals surface area contributed by atoms with E-state index >= 15 is 0 Å². The minimum Gasteiger partial charge on any atom is -0.393 e. The molecular formula is C31H54BrF3NO5PS. The number of aliphatic hydroxyl groups excluding tert-OH is 1. The van der Waals surface area contributed by atoms with Crippen LogP contribution in [0.1, 0.15) is 93.9 Å². The lowest BCUT2D eigenvalue weighted by molar-refractivity contribution is -0.364. The Morgan fingerprint density at radius 2 is 1.79 bits per heavy atom. The van der Waals surface area contributed by atoms with E-state index in [0.29, 0.717) is 61.9 Å². The van der Waals surface area contributed by atoms with Crippen molar-refractivity contribution in [1.29, 1.82) is 0 Å². The first-order chi connectivity index (χ1) is 20.2. The quantitative estimate of drug-likeness (QED) is 0.0955. The largest absolute Gasteiger partial charge is 0.522 e. The number of hydrogen-bond acceptors (Lipinski definition) is 7. The molecule has 3 aliphatic rings. The number of nitrogens with two attached hydrogens (primary N) is 1. The van der Waals surface area contributed by atoms with Crippen LogP contribution in [0.4, 0.5) is 13.2 Å². The van der Waals surface area contributed by atoms with Crippen molar-refractivity contribution in [1.82, 2.24) is 0 Å². The molecule has 9 unspecified atom stereocenters. The first kappa shape index (κ1) is 39.5. The molecule has 0 saturated heterocycles. The van der Waals surface area contributed by atoms with Gasteiger partial charge in [0, 0.05) is 38.9 Å². The third kappa shape index (κ3) is 7.11. The predicted octanol–water partition coefficient (Wildman–Crippen LogP) is 8.88. The van der Waals surface area contributed by atoms with Gasteiger partial charge in [0.1, 0.15) is 0 Å². The van der Waals surface area contributed by atoms with Crippen LogP contribution in [0.3, 0.4) is 0 Å². The third-order valence-corrected chi connectivity index (χ3v) is 13.8. The average Bonchev–Trinajstić information content (AvgIpc) is 3.06. The van der Waals surface area contributed by atoms with Crippen molar-refractivity contribution >= 4 is 41.6 Å². The van der Waals surface area contributed by atoms with Crippen LogP contribution < -0.4 is 5.73 Å². The van der Waals surface area contributed by atoms with Crippen molar-refractivity contribution in [2.24, 2.45) is 39.2 Å². The molecule has 0 bridgehead atoms. The number of allylic oxidation sites excluding steroid dienone is 1. The van der Waals surface area contributed by atoms with Crippen molar-refractivity contribution in [3.05, 3.63) is 12.2 Å². The SMILES string of the molecule is C/C=C/C12C(C)CC3(COC(F)(F)F)C(C)(CBr)C(O)CCC3(CC)C1CC(N)C(=S)CC2OP(OCC)OCC.CC. The lowest BCUT2D eigenvalue weighted by Gasteiger charge is -2.73. The molecular weight excluding hydrogens is 666 g/mol. The lowest BCUT2D eigenvalue weighted by atomic mass is 9.32. The summed E-state index contributed by atoms with van der Waals surface area (Å²) in [7, 11) is -1.68. The minimum absolute atomic E-state index is 0.165. The highest BCUT2D eigenvalue weighted by molar-refractivity contribution is 9.09. The van der Waals surface area contributed by atoms with Crippen LogP contribution in [0.2, 0.25) is 0 Å². The highest BCUT2D eigenvalue weighted by Gasteiger charge is 2.74. The van der Waals surface area contributed by atoms with Crippen molar-refractivity contribution < 1.29 is 36.6 Å². The number of rotatable bonds is 11. The molecule has 0 heterocycles. The Bertz CT molecular complexity index is 944. The number of halogens is 4. The van der Waals surface area contributed by atoms with E-state index < -0.39 is 61.5 Å². The summed E-state index contributed by atoms with van der Waals surface area (Å²) in [6.45, 7) is 16.1. The lowest BCUT2D eigenvalue weighted by Crippen LogP contribution is -2.72. The topological polar surface area (TPSA) is 83.2 Å². The fourth-order valence-electron chi connectivity index (χ4n) is 8.94. The van der Waals surface area contributed by atoms with Gasteiger partial charge in [-0.2, -0.15) is 0 Å². The van der Waals surface area contributed by atoms with Gasteiger partial charge >= 0.3 is 15.0 Å². The summed E-state index contributed by atoms with van der Waals surface area (Å²) in [5.74, 6) is -0.370. The predicted molar refractivity (Wildman–Crippen MR) is 175 cm³/mol. The summed E-state index contributed by atoms with van der Waals surface area (Å²) in [6, 6.07) is -0.435. The van der Waals surface area contributed by atoms with Crippen LogP contribution in [0.15, 0.2) is 12.2 Å². The smallest absolute Gasteiger partial charge is 0.393 e. The van der Waals surface area contributed by atoms with Crippen LogP contribution in [0, 0.1) is 33.5 Å². The number of aliphatic hydroxyl groups is 1. The number of alkyl halides is 4. The molecule has 6 nitrogen and oxygen atoms in total. The van der Waals surface area contributed by atoms with Crippen LogP contribution in [-0.4, -0.2) is 59.7 Å². The third-order valence-electron chi connectivity index (χ3n) is 10.8. The molecule has 3 aliphatic carbocycles. The van der Waals surface area contributed by atoms with Gasteiger partial charge in [-0.15, -0.1) is 13.2 Å². The summed E-state index contributed by atoms with van der Waals surface area (Å²) in [5, 5.41) is 11.8. The van der Waals surface area contributed by atoms with Gasteiger partial charge in [0.2, 0.25) is 0 Å². The number of hydrogen-bond donors (Lipinski definition) is 2. The summed E-state index contributed by atoms with van der Waals surface area (Å²) in [4.78, 5) is 0.686. The summed E-state index contributed by atoms with van der Waals surface area (Å²) in [5.41, 5.74) is 3.62. The normalized spacial score (nSPS) is 40.1. The molecule has 0 aromatic heterocycles. The highest BCUT2D eigenvalue weighted by Crippen LogP contribution is 2.76. The Kier molecular flexibility index (Phi) is 14.6. The molecule has 3 fully saturated rings. The van der Waals surface area contributed by atoms with E-state index in [1.807, 2.05) is 47.6 Å². The van der Waals surface area contributed by atoms with E-state index in [-0.39, 0.29) is 11.8 Å². The fraction of sp³-hybridized carbons (Fsp3) is 0.903. The van der Waals surface area contributed by atoms with E-state index in [0.717, 1.165) is 0 Å². The van der Waals surface area contributed by atoms with Gasteiger partial charge in [-0.3, -0.25) is 4.74 Å². The van der Waals surface area contributed by atoms with Crippen LogP contribution in [0.25, 0.3) is 0 Å². The molecule has 3 saturated carbocycles. The zero-order valence-corrected chi connectivity index (χ0v) is 30.4. The number of fused-ring (bicyclic) bond motifs is 3. The summed E-state index contributed by atoms with van der Waals surface area (Å²) >= 11 is 9.51. The van der Waals surface area contributed by atoms with Crippen LogP contribution in [-0.2, 0) is 18.3 Å². The first-order valence-electron chi connectivity index (χ1n) is 15.8. The van der Waals surface area contributed by atoms with Gasteiger partial charge in [-0.1, -0.05) is 74.9 Å².